The minimum atomic E-state index is 0.188. The fourth-order valence-electron chi connectivity index (χ4n) is 1.47. The summed E-state index contributed by atoms with van der Waals surface area (Å²) in [4.78, 5) is 2.35. The van der Waals surface area contributed by atoms with Gasteiger partial charge in [-0.3, -0.25) is 4.90 Å². The quantitative estimate of drug-likeness (QED) is 0.507. The number of aliphatic hydroxyl groups is 1. The van der Waals surface area contributed by atoms with Crippen LogP contribution in [-0.4, -0.2) is 75.8 Å². The van der Waals surface area contributed by atoms with E-state index >= 15 is 0 Å². The summed E-state index contributed by atoms with van der Waals surface area (Å²) in [6.45, 7) is 7.85. The van der Waals surface area contributed by atoms with Crippen LogP contribution in [0.25, 0.3) is 0 Å². The summed E-state index contributed by atoms with van der Waals surface area (Å²) in [5, 5.41) is 11.6. The molecule has 1 heterocycles. The number of morpholine rings is 1. The van der Waals surface area contributed by atoms with E-state index in [1.54, 1.807) is 0 Å². The van der Waals surface area contributed by atoms with Gasteiger partial charge in [-0.25, -0.2) is 0 Å². The first kappa shape index (κ1) is 12.9. The molecule has 1 aliphatic heterocycles. The predicted octanol–water partition coefficient (Wildman–Crippen LogP) is -1.08. The van der Waals surface area contributed by atoms with E-state index in [4.69, 9.17) is 14.6 Å². The van der Waals surface area contributed by atoms with Crippen LogP contribution in [-0.2, 0) is 9.47 Å². The van der Waals surface area contributed by atoms with Crippen LogP contribution < -0.4 is 5.32 Å². The first-order valence-corrected chi connectivity index (χ1v) is 5.63. The molecule has 0 aromatic rings. The van der Waals surface area contributed by atoms with Crippen molar-refractivity contribution in [1.82, 2.24) is 10.2 Å². The van der Waals surface area contributed by atoms with Gasteiger partial charge in [0.1, 0.15) is 0 Å². The molecule has 0 aromatic heterocycles. The van der Waals surface area contributed by atoms with Crippen molar-refractivity contribution in [1.29, 1.82) is 0 Å². The molecule has 0 spiro atoms. The highest BCUT2D eigenvalue weighted by Crippen LogP contribution is 1.95. The van der Waals surface area contributed by atoms with Crippen molar-refractivity contribution >= 4 is 0 Å². The molecule has 15 heavy (non-hydrogen) atoms. The van der Waals surface area contributed by atoms with Crippen molar-refractivity contribution in [3.8, 4) is 0 Å². The van der Waals surface area contributed by atoms with E-state index in [-0.39, 0.29) is 6.61 Å². The van der Waals surface area contributed by atoms with E-state index in [0.717, 1.165) is 46.0 Å². The van der Waals surface area contributed by atoms with Crippen LogP contribution in [0.15, 0.2) is 0 Å². The molecular weight excluding hydrogens is 196 g/mol. The van der Waals surface area contributed by atoms with Crippen molar-refractivity contribution < 1.29 is 14.6 Å². The first-order chi connectivity index (χ1) is 7.43. The van der Waals surface area contributed by atoms with Crippen LogP contribution in [0.3, 0.4) is 0 Å². The average Bonchev–Trinajstić information content (AvgIpc) is 2.29. The van der Waals surface area contributed by atoms with Gasteiger partial charge in [-0.2, -0.15) is 0 Å². The molecule has 5 nitrogen and oxygen atoms in total. The zero-order valence-corrected chi connectivity index (χ0v) is 9.28. The Morgan fingerprint density at radius 2 is 2.00 bits per heavy atom. The van der Waals surface area contributed by atoms with E-state index in [2.05, 4.69) is 10.2 Å². The summed E-state index contributed by atoms with van der Waals surface area (Å²) in [6, 6.07) is 0. The summed E-state index contributed by atoms with van der Waals surface area (Å²) in [7, 11) is 0. The molecule has 0 atom stereocenters. The highest BCUT2D eigenvalue weighted by molar-refractivity contribution is 4.60. The molecule has 0 amide bonds. The van der Waals surface area contributed by atoms with Crippen LogP contribution in [0, 0.1) is 0 Å². The Bertz CT molecular complexity index is 141. The van der Waals surface area contributed by atoms with Gasteiger partial charge in [0.15, 0.2) is 0 Å². The van der Waals surface area contributed by atoms with E-state index in [1.165, 1.54) is 0 Å². The molecule has 0 saturated carbocycles. The van der Waals surface area contributed by atoms with E-state index in [0.29, 0.717) is 13.2 Å². The topological polar surface area (TPSA) is 54.0 Å². The Labute approximate surface area is 91.3 Å². The molecule has 90 valence electrons. The van der Waals surface area contributed by atoms with Crippen molar-refractivity contribution in [3.05, 3.63) is 0 Å². The van der Waals surface area contributed by atoms with Crippen molar-refractivity contribution in [2.24, 2.45) is 0 Å². The van der Waals surface area contributed by atoms with Gasteiger partial charge in [0, 0.05) is 32.7 Å². The molecule has 1 saturated heterocycles. The maximum absolute atomic E-state index is 8.52. The van der Waals surface area contributed by atoms with Crippen LogP contribution >= 0.6 is 0 Å². The third kappa shape index (κ3) is 6.81. The minimum Gasteiger partial charge on any atom is -0.395 e. The first-order valence-electron chi connectivity index (χ1n) is 5.63. The van der Waals surface area contributed by atoms with Gasteiger partial charge in [-0.15, -0.1) is 0 Å². The van der Waals surface area contributed by atoms with Gasteiger partial charge < -0.3 is 19.9 Å². The summed E-state index contributed by atoms with van der Waals surface area (Å²) in [6.07, 6.45) is 0. The third-order valence-electron chi connectivity index (χ3n) is 2.37. The molecule has 0 aliphatic carbocycles. The molecule has 1 aliphatic rings. The zero-order chi connectivity index (χ0) is 10.8. The highest BCUT2D eigenvalue weighted by atomic mass is 16.5. The molecule has 0 bridgehead atoms. The molecule has 2 N–H and O–H groups in total. The average molecular weight is 218 g/mol. The smallest absolute Gasteiger partial charge is 0.0594 e. The minimum absolute atomic E-state index is 0.188. The summed E-state index contributed by atoms with van der Waals surface area (Å²) in [5.74, 6) is 0. The lowest BCUT2D eigenvalue weighted by molar-refractivity contribution is 0.0207. The third-order valence-corrected chi connectivity index (χ3v) is 2.37. The summed E-state index contributed by atoms with van der Waals surface area (Å²) < 4.78 is 10.7. The molecule has 1 fully saturated rings. The fourth-order valence-corrected chi connectivity index (χ4v) is 1.47. The number of nitrogens with one attached hydrogen (secondary N) is 1. The van der Waals surface area contributed by atoms with Gasteiger partial charge in [-0.1, -0.05) is 0 Å². The van der Waals surface area contributed by atoms with E-state index in [1.807, 2.05) is 0 Å². The van der Waals surface area contributed by atoms with Gasteiger partial charge in [0.05, 0.1) is 33.0 Å². The van der Waals surface area contributed by atoms with Crippen LogP contribution in [0.1, 0.15) is 0 Å². The number of hydrogen-bond acceptors (Lipinski definition) is 5. The Morgan fingerprint density at radius 3 is 2.73 bits per heavy atom. The Morgan fingerprint density at radius 1 is 1.20 bits per heavy atom. The van der Waals surface area contributed by atoms with Crippen LogP contribution in [0.5, 0.6) is 0 Å². The maximum atomic E-state index is 8.52. The monoisotopic (exact) mass is 218 g/mol. The largest absolute Gasteiger partial charge is 0.395 e. The Kier molecular flexibility index (Phi) is 7.77. The van der Waals surface area contributed by atoms with Gasteiger partial charge in [-0.05, 0) is 0 Å². The second kappa shape index (κ2) is 9.06. The zero-order valence-electron chi connectivity index (χ0n) is 9.28. The SMILES string of the molecule is OCCNCCOCCN1CCOCC1. The highest BCUT2D eigenvalue weighted by Gasteiger charge is 2.08. The molecule has 0 unspecified atom stereocenters. The lowest BCUT2D eigenvalue weighted by atomic mass is 10.4. The molecule has 0 radical (unpaired) electrons. The number of ether oxygens (including phenoxy) is 2. The maximum Gasteiger partial charge on any atom is 0.0594 e. The molecule has 5 heteroatoms. The van der Waals surface area contributed by atoms with Gasteiger partial charge in [0.2, 0.25) is 0 Å². The van der Waals surface area contributed by atoms with Crippen LogP contribution in [0.4, 0.5) is 0 Å². The summed E-state index contributed by atoms with van der Waals surface area (Å²) in [5.41, 5.74) is 0. The molecule has 1 rings (SSSR count). The van der Waals surface area contributed by atoms with Crippen molar-refractivity contribution in [3.63, 3.8) is 0 Å². The number of rotatable bonds is 8. The predicted molar refractivity (Wildman–Crippen MR) is 58.0 cm³/mol. The number of nitrogens with zero attached hydrogens (tertiary/aromatic N) is 1. The summed E-state index contributed by atoms with van der Waals surface area (Å²) >= 11 is 0. The lowest BCUT2D eigenvalue weighted by Crippen LogP contribution is -2.38. The van der Waals surface area contributed by atoms with Crippen molar-refractivity contribution in [2.75, 3.05) is 65.8 Å². The Balaban J connectivity index is 1.79. The van der Waals surface area contributed by atoms with Crippen LogP contribution in [0.2, 0.25) is 0 Å². The Hall–Kier alpha value is -0.200. The lowest BCUT2D eigenvalue weighted by Gasteiger charge is -2.26. The van der Waals surface area contributed by atoms with E-state index in [9.17, 15) is 0 Å². The number of aliphatic hydroxyl groups excluding tert-OH is 1. The number of hydrogen-bond donors (Lipinski definition) is 2. The second-order valence-corrected chi connectivity index (χ2v) is 3.54. The van der Waals surface area contributed by atoms with Gasteiger partial charge in [0.25, 0.3) is 0 Å². The van der Waals surface area contributed by atoms with E-state index < -0.39 is 0 Å². The fraction of sp³-hybridized carbons (Fsp3) is 1.00. The second-order valence-electron chi connectivity index (χ2n) is 3.54. The molecule has 0 aromatic carbocycles. The normalized spacial score (nSPS) is 18.2. The molecular formula is C10H22N2O3. The van der Waals surface area contributed by atoms with Crippen molar-refractivity contribution in [2.45, 2.75) is 0 Å². The standard InChI is InChI=1S/C10H22N2O3/c13-6-1-11-2-7-14-8-3-12-4-9-15-10-5-12/h11,13H,1-10H2. The van der Waals surface area contributed by atoms with Gasteiger partial charge >= 0.3 is 0 Å².